The summed E-state index contributed by atoms with van der Waals surface area (Å²) in [4.78, 5) is 1.92. The molecule has 1 aromatic rings. The Morgan fingerprint density at radius 3 is 2.43 bits per heavy atom. The molecule has 0 saturated heterocycles. The van der Waals surface area contributed by atoms with E-state index in [4.69, 9.17) is 5.73 Å². The monoisotopic (exact) mass is 324 g/mol. The van der Waals surface area contributed by atoms with Crippen LogP contribution in [0.5, 0.6) is 0 Å². The van der Waals surface area contributed by atoms with Gasteiger partial charge in [0.25, 0.3) is 0 Å². The third kappa shape index (κ3) is 4.59. The normalized spacial score (nSPS) is 15.3. The largest absolute Gasteiger partial charge is 0.419 e. The highest BCUT2D eigenvalue weighted by Crippen LogP contribution is 2.34. The fraction of sp³-hybridized carbons (Fsp3) is 0.571. The second-order valence-electron chi connectivity index (χ2n) is 4.96. The van der Waals surface area contributed by atoms with Crippen LogP contribution in [0.3, 0.4) is 0 Å². The first-order chi connectivity index (χ1) is 9.72. The summed E-state index contributed by atoms with van der Waals surface area (Å²) >= 11 is 1.65. The second-order valence-corrected chi connectivity index (χ2v) is 5.87. The molecule has 0 bridgehead atoms. The van der Waals surface area contributed by atoms with Crippen molar-refractivity contribution in [3.8, 4) is 0 Å². The molecule has 1 rings (SSSR count). The summed E-state index contributed by atoms with van der Waals surface area (Å²) in [5.74, 6) is -0.429. The maximum atomic E-state index is 13.3. The first-order valence-electron chi connectivity index (χ1n) is 6.50. The Kier molecular flexibility index (Phi) is 6.49. The predicted molar refractivity (Wildman–Crippen MR) is 78.8 cm³/mol. The first-order valence-corrected chi connectivity index (χ1v) is 7.89. The molecule has 0 aliphatic heterocycles. The van der Waals surface area contributed by atoms with Crippen LogP contribution < -0.4 is 5.73 Å². The van der Waals surface area contributed by atoms with Crippen LogP contribution in [0.4, 0.5) is 17.6 Å². The number of rotatable bonds is 6. The van der Waals surface area contributed by atoms with Crippen molar-refractivity contribution < 1.29 is 17.6 Å². The predicted octanol–water partition coefficient (Wildman–Crippen LogP) is 3.53. The van der Waals surface area contributed by atoms with Crippen LogP contribution in [0.15, 0.2) is 18.2 Å². The Morgan fingerprint density at radius 2 is 1.95 bits per heavy atom. The molecule has 0 aromatic heterocycles. The number of hydrogen-bond acceptors (Lipinski definition) is 3. The van der Waals surface area contributed by atoms with Crippen LogP contribution >= 0.6 is 11.8 Å². The Bertz CT molecular complexity index is 465. The van der Waals surface area contributed by atoms with Crippen molar-refractivity contribution in [1.82, 2.24) is 4.90 Å². The number of halogens is 4. The molecule has 1 aromatic carbocycles. The van der Waals surface area contributed by atoms with Gasteiger partial charge in [-0.05, 0) is 37.9 Å². The minimum Gasteiger partial charge on any atom is -0.329 e. The lowest BCUT2D eigenvalue weighted by Crippen LogP contribution is -2.38. The number of hydrogen-bond donors (Lipinski definition) is 1. The standard InChI is InChI=1S/C14H20F4N2S/c1-9(8-21-3)20(2)13(7-19)10-4-5-12(15)11(6-10)14(16,17)18/h4-6,9,13H,7-8,19H2,1-3H3. The van der Waals surface area contributed by atoms with Gasteiger partial charge in [0.2, 0.25) is 0 Å². The molecule has 2 atom stereocenters. The molecule has 0 aliphatic carbocycles. The quantitative estimate of drug-likeness (QED) is 0.812. The third-order valence-corrected chi connectivity index (χ3v) is 4.31. The second kappa shape index (κ2) is 7.47. The number of likely N-dealkylation sites (N-methyl/N-ethyl adjacent to an activating group) is 1. The zero-order valence-electron chi connectivity index (χ0n) is 12.2. The maximum absolute atomic E-state index is 13.3. The SMILES string of the molecule is CSCC(C)N(C)C(CN)c1ccc(F)c(C(F)(F)F)c1. The van der Waals surface area contributed by atoms with Gasteiger partial charge in [-0.15, -0.1) is 0 Å². The lowest BCUT2D eigenvalue weighted by Gasteiger charge is -2.32. The number of nitrogens with two attached hydrogens (primary N) is 1. The van der Waals surface area contributed by atoms with Gasteiger partial charge in [-0.25, -0.2) is 4.39 Å². The van der Waals surface area contributed by atoms with Gasteiger partial charge in [-0.1, -0.05) is 6.07 Å². The number of nitrogens with zero attached hydrogens (tertiary/aromatic N) is 1. The van der Waals surface area contributed by atoms with Gasteiger partial charge >= 0.3 is 6.18 Å². The van der Waals surface area contributed by atoms with Crippen LogP contribution in [0.25, 0.3) is 0 Å². The Hall–Kier alpha value is -0.790. The fourth-order valence-electron chi connectivity index (χ4n) is 2.17. The fourth-order valence-corrected chi connectivity index (χ4v) is 2.89. The smallest absolute Gasteiger partial charge is 0.329 e. The van der Waals surface area contributed by atoms with Crippen molar-refractivity contribution in [2.75, 3.05) is 25.6 Å². The van der Waals surface area contributed by atoms with E-state index in [0.717, 1.165) is 17.9 Å². The molecular weight excluding hydrogens is 304 g/mol. The summed E-state index contributed by atoms with van der Waals surface area (Å²) in [6.45, 7) is 2.14. The van der Waals surface area contributed by atoms with Gasteiger partial charge in [-0.3, -0.25) is 4.90 Å². The van der Waals surface area contributed by atoms with Gasteiger partial charge in [0.1, 0.15) is 5.82 Å². The zero-order valence-corrected chi connectivity index (χ0v) is 13.1. The van der Waals surface area contributed by atoms with Crippen molar-refractivity contribution in [3.63, 3.8) is 0 Å². The molecular formula is C14H20F4N2S. The number of thioether (sulfide) groups is 1. The molecule has 7 heteroatoms. The highest BCUT2D eigenvalue weighted by atomic mass is 32.2. The first kappa shape index (κ1) is 18.3. The maximum Gasteiger partial charge on any atom is 0.419 e. The average Bonchev–Trinajstić information content (AvgIpc) is 2.40. The zero-order chi connectivity index (χ0) is 16.2. The molecule has 21 heavy (non-hydrogen) atoms. The van der Waals surface area contributed by atoms with E-state index in [9.17, 15) is 17.6 Å². The summed E-state index contributed by atoms with van der Waals surface area (Å²) in [5, 5.41) is 0. The van der Waals surface area contributed by atoms with E-state index in [-0.39, 0.29) is 18.6 Å². The van der Waals surface area contributed by atoms with Gasteiger partial charge in [0, 0.05) is 24.4 Å². The lowest BCUT2D eigenvalue weighted by atomic mass is 10.0. The van der Waals surface area contributed by atoms with Crippen LogP contribution in [-0.4, -0.2) is 36.5 Å². The van der Waals surface area contributed by atoms with Gasteiger partial charge in [-0.2, -0.15) is 24.9 Å². The molecule has 0 spiro atoms. The van der Waals surface area contributed by atoms with E-state index in [1.165, 1.54) is 6.07 Å². The molecule has 0 aliphatic rings. The summed E-state index contributed by atoms with van der Waals surface area (Å²) in [6.07, 6.45) is -2.75. The molecule has 0 amide bonds. The van der Waals surface area contributed by atoms with Crippen LogP contribution in [0.1, 0.15) is 24.1 Å². The highest BCUT2D eigenvalue weighted by molar-refractivity contribution is 7.98. The molecule has 120 valence electrons. The Morgan fingerprint density at radius 1 is 1.33 bits per heavy atom. The molecule has 0 radical (unpaired) electrons. The minimum atomic E-state index is -4.71. The van der Waals surface area contributed by atoms with E-state index in [1.807, 2.05) is 25.1 Å². The summed E-state index contributed by atoms with van der Waals surface area (Å²) in [5.41, 5.74) is 4.84. The summed E-state index contributed by atoms with van der Waals surface area (Å²) in [7, 11) is 1.81. The van der Waals surface area contributed by atoms with Crippen LogP contribution in [-0.2, 0) is 6.18 Å². The Balaban J connectivity index is 3.12. The van der Waals surface area contributed by atoms with E-state index in [2.05, 4.69) is 0 Å². The third-order valence-electron chi connectivity index (χ3n) is 3.50. The highest BCUT2D eigenvalue weighted by Gasteiger charge is 2.35. The topological polar surface area (TPSA) is 29.3 Å². The molecule has 2 unspecified atom stereocenters. The summed E-state index contributed by atoms with van der Waals surface area (Å²) in [6, 6.07) is 2.84. The van der Waals surface area contributed by atoms with E-state index in [0.29, 0.717) is 5.56 Å². The Labute approximate surface area is 126 Å². The lowest BCUT2D eigenvalue weighted by molar-refractivity contribution is -0.140. The van der Waals surface area contributed by atoms with Gasteiger partial charge in [0.15, 0.2) is 0 Å². The van der Waals surface area contributed by atoms with E-state index in [1.54, 1.807) is 11.8 Å². The average molecular weight is 324 g/mol. The molecule has 2 nitrogen and oxygen atoms in total. The minimum absolute atomic E-state index is 0.146. The van der Waals surface area contributed by atoms with Crippen LogP contribution in [0, 0.1) is 5.82 Å². The summed E-state index contributed by atoms with van der Waals surface area (Å²) < 4.78 is 51.7. The molecule has 2 N–H and O–H groups in total. The molecule has 0 saturated carbocycles. The van der Waals surface area contributed by atoms with Gasteiger partial charge < -0.3 is 5.73 Å². The van der Waals surface area contributed by atoms with E-state index >= 15 is 0 Å². The van der Waals surface area contributed by atoms with E-state index < -0.39 is 17.6 Å². The van der Waals surface area contributed by atoms with Crippen molar-refractivity contribution in [1.29, 1.82) is 0 Å². The van der Waals surface area contributed by atoms with Crippen molar-refractivity contribution in [2.24, 2.45) is 5.73 Å². The number of alkyl halides is 3. The van der Waals surface area contributed by atoms with Crippen molar-refractivity contribution in [2.45, 2.75) is 25.2 Å². The molecule has 0 heterocycles. The van der Waals surface area contributed by atoms with Crippen LogP contribution in [0.2, 0.25) is 0 Å². The van der Waals surface area contributed by atoms with Gasteiger partial charge in [0.05, 0.1) is 5.56 Å². The van der Waals surface area contributed by atoms with Crippen molar-refractivity contribution in [3.05, 3.63) is 35.1 Å². The number of benzene rings is 1. The van der Waals surface area contributed by atoms with Crippen molar-refractivity contribution >= 4 is 11.8 Å². The molecule has 0 fully saturated rings.